The summed E-state index contributed by atoms with van der Waals surface area (Å²) in [6.45, 7) is 7.78. The van der Waals surface area contributed by atoms with Gasteiger partial charge in [-0.25, -0.2) is 0 Å². The van der Waals surface area contributed by atoms with Crippen molar-refractivity contribution in [1.29, 1.82) is 0 Å². The zero-order valence-corrected chi connectivity index (χ0v) is 16.5. The molecule has 1 aromatic rings. The van der Waals surface area contributed by atoms with E-state index in [1.54, 1.807) is 0 Å². The van der Waals surface area contributed by atoms with Crippen molar-refractivity contribution in [3.8, 4) is 0 Å². The molecule has 2 aliphatic rings. The van der Waals surface area contributed by atoms with E-state index in [-0.39, 0.29) is 0 Å². The van der Waals surface area contributed by atoms with Crippen molar-refractivity contribution >= 4 is 16.8 Å². The zero-order chi connectivity index (χ0) is 18.2. The van der Waals surface area contributed by atoms with Gasteiger partial charge >= 0.3 is 0 Å². The number of likely N-dealkylation sites (tertiary alicyclic amines) is 1. The van der Waals surface area contributed by atoms with Crippen molar-refractivity contribution in [3.05, 3.63) is 48.0 Å². The first kappa shape index (κ1) is 19.1. The third-order valence-corrected chi connectivity index (χ3v) is 6.20. The molecule has 2 atom stereocenters. The molecular formula is C20H30N4OS. The summed E-state index contributed by atoms with van der Waals surface area (Å²) >= 11 is 0. The standard InChI is InChI=1S/C20H30N4OS/c1-2-21-20(24-14-10-19(16-24)23-12-6-7-13-23)22-11-15-26(25)17-18-8-4-3-5-9-18/h3-9,19H,2,10-17H2,1H3,(H,21,22). The summed E-state index contributed by atoms with van der Waals surface area (Å²) in [7, 11) is -0.872. The van der Waals surface area contributed by atoms with Gasteiger partial charge in [0.2, 0.25) is 0 Å². The van der Waals surface area contributed by atoms with E-state index in [1.165, 1.54) is 6.42 Å². The monoisotopic (exact) mass is 374 g/mol. The number of nitrogens with zero attached hydrogens (tertiary/aromatic N) is 3. The molecule has 1 N–H and O–H groups in total. The van der Waals surface area contributed by atoms with Gasteiger partial charge in [-0.15, -0.1) is 0 Å². The van der Waals surface area contributed by atoms with Crippen LogP contribution in [0.4, 0.5) is 0 Å². The van der Waals surface area contributed by atoms with Gasteiger partial charge < -0.3 is 10.2 Å². The molecular weight excluding hydrogens is 344 g/mol. The minimum absolute atomic E-state index is 0.605. The number of guanidine groups is 1. The Bertz CT molecular complexity index is 638. The van der Waals surface area contributed by atoms with Crippen LogP contribution in [0.5, 0.6) is 0 Å². The van der Waals surface area contributed by atoms with E-state index in [1.807, 2.05) is 30.3 Å². The molecule has 2 heterocycles. The van der Waals surface area contributed by atoms with Crippen LogP contribution in [0, 0.1) is 0 Å². The molecule has 1 saturated heterocycles. The fourth-order valence-corrected chi connectivity index (χ4v) is 4.54. The Morgan fingerprint density at radius 2 is 2.04 bits per heavy atom. The number of hydrogen-bond donors (Lipinski definition) is 1. The van der Waals surface area contributed by atoms with E-state index in [0.717, 1.165) is 44.2 Å². The molecule has 142 valence electrons. The second kappa shape index (κ2) is 9.88. The first-order valence-electron chi connectivity index (χ1n) is 9.57. The van der Waals surface area contributed by atoms with E-state index in [0.29, 0.717) is 24.1 Å². The Labute approximate surface area is 159 Å². The maximum atomic E-state index is 12.3. The fraction of sp³-hybridized carbons (Fsp3) is 0.550. The molecule has 0 radical (unpaired) electrons. The lowest BCUT2D eigenvalue weighted by atomic mass is 10.2. The van der Waals surface area contributed by atoms with Crippen LogP contribution in [0.15, 0.2) is 47.5 Å². The lowest BCUT2D eigenvalue weighted by molar-refractivity contribution is 0.259. The smallest absolute Gasteiger partial charge is 0.193 e. The number of rotatable bonds is 7. The van der Waals surface area contributed by atoms with Crippen LogP contribution in [0.3, 0.4) is 0 Å². The van der Waals surface area contributed by atoms with Crippen LogP contribution >= 0.6 is 0 Å². The van der Waals surface area contributed by atoms with Crippen molar-refractivity contribution in [1.82, 2.24) is 15.1 Å². The molecule has 1 aromatic carbocycles. The van der Waals surface area contributed by atoms with Gasteiger partial charge in [0.15, 0.2) is 5.96 Å². The van der Waals surface area contributed by atoms with Crippen LogP contribution in [-0.4, -0.2) is 71.0 Å². The molecule has 0 bridgehead atoms. The number of aliphatic imine (C=N–C) groups is 1. The SMILES string of the molecule is CCNC(=NCCS(=O)Cc1ccccc1)N1CCC(N2CC=CC2)C1. The molecule has 2 aliphatic heterocycles. The topological polar surface area (TPSA) is 47.9 Å². The van der Waals surface area contributed by atoms with Gasteiger partial charge in [-0.1, -0.05) is 42.5 Å². The van der Waals surface area contributed by atoms with Gasteiger partial charge in [0.05, 0.1) is 6.54 Å². The lowest BCUT2D eigenvalue weighted by Crippen LogP contribution is -2.43. The maximum Gasteiger partial charge on any atom is 0.193 e. The molecule has 3 rings (SSSR count). The van der Waals surface area contributed by atoms with E-state index < -0.39 is 10.8 Å². The Kier molecular flexibility index (Phi) is 7.26. The average molecular weight is 375 g/mol. The summed E-state index contributed by atoms with van der Waals surface area (Å²) in [4.78, 5) is 9.62. The minimum Gasteiger partial charge on any atom is -0.357 e. The first-order valence-corrected chi connectivity index (χ1v) is 11.1. The maximum absolute atomic E-state index is 12.3. The Hall–Kier alpha value is -1.66. The third kappa shape index (κ3) is 5.42. The highest BCUT2D eigenvalue weighted by Crippen LogP contribution is 2.17. The van der Waals surface area contributed by atoms with Gasteiger partial charge in [0.1, 0.15) is 0 Å². The summed E-state index contributed by atoms with van der Waals surface area (Å²) in [5.41, 5.74) is 1.13. The molecule has 6 heteroatoms. The predicted molar refractivity (Wildman–Crippen MR) is 110 cm³/mol. The van der Waals surface area contributed by atoms with Crippen molar-refractivity contribution in [3.63, 3.8) is 0 Å². The van der Waals surface area contributed by atoms with Crippen LogP contribution in [-0.2, 0) is 16.6 Å². The molecule has 0 saturated carbocycles. The van der Waals surface area contributed by atoms with Crippen molar-refractivity contribution in [2.45, 2.75) is 25.1 Å². The Balaban J connectivity index is 1.48. The molecule has 1 fully saturated rings. The van der Waals surface area contributed by atoms with Gasteiger partial charge in [-0.2, -0.15) is 0 Å². The summed E-state index contributed by atoms with van der Waals surface area (Å²) in [6, 6.07) is 10.6. The highest BCUT2D eigenvalue weighted by Gasteiger charge is 2.29. The van der Waals surface area contributed by atoms with E-state index in [2.05, 4.69) is 34.2 Å². The third-order valence-electron chi connectivity index (χ3n) is 4.91. The first-order chi connectivity index (χ1) is 12.8. The van der Waals surface area contributed by atoms with E-state index in [4.69, 9.17) is 4.99 Å². The number of nitrogens with one attached hydrogen (secondary N) is 1. The van der Waals surface area contributed by atoms with E-state index in [9.17, 15) is 4.21 Å². The van der Waals surface area contributed by atoms with Crippen molar-refractivity contribution < 1.29 is 4.21 Å². The fourth-order valence-electron chi connectivity index (χ4n) is 3.54. The largest absolute Gasteiger partial charge is 0.357 e. The number of benzene rings is 1. The summed E-state index contributed by atoms with van der Waals surface area (Å²) in [6.07, 6.45) is 5.69. The van der Waals surface area contributed by atoms with Crippen molar-refractivity contribution in [2.24, 2.45) is 4.99 Å². The van der Waals surface area contributed by atoms with Crippen LogP contribution in [0.25, 0.3) is 0 Å². The normalized spacial score (nSPS) is 22.1. The summed E-state index contributed by atoms with van der Waals surface area (Å²) < 4.78 is 12.3. The Morgan fingerprint density at radius 1 is 1.27 bits per heavy atom. The van der Waals surface area contributed by atoms with Crippen LogP contribution in [0.2, 0.25) is 0 Å². The molecule has 5 nitrogen and oxygen atoms in total. The quantitative estimate of drug-likeness (QED) is 0.450. The summed E-state index contributed by atoms with van der Waals surface area (Å²) in [5.74, 6) is 2.19. The van der Waals surface area contributed by atoms with E-state index >= 15 is 0 Å². The van der Waals surface area contributed by atoms with Crippen molar-refractivity contribution in [2.75, 3.05) is 45.0 Å². The second-order valence-corrected chi connectivity index (χ2v) is 8.40. The van der Waals surface area contributed by atoms with Gasteiger partial charge in [0, 0.05) is 61.1 Å². The van der Waals surface area contributed by atoms with Gasteiger partial charge in [0.25, 0.3) is 0 Å². The lowest BCUT2D eigenvalue weighted by Gasteiger charge is -2.25. The minimum atomic E-state index is -0.872. The number of hydrogen-bond acceptors (Lipinski definition) is 3. The highest BCUT2D eigenvalue weighted by atomic mass is 32.2. The molecule has 0 aliphatic carbocycles. The molecule has 26 heavy (non-hydrogen) atoms. The summed E-state index contributed by atoms with van der Waals surface area (Å²) in [5, 5.41) is 3.40. The highest BCUT2D eigenvalue weighted by molar-refractivity contribution is 7.84. The Morgan fingerprint density at radius 3 is 2.77 bits per heavy atom. The molecule has 0 aromatic heterocycles. The zero-order valence-electron chi connectivity index (χ0n) is 15.6. The average Bonchev–Trinajstić information content (AvgIpc) is 3.33. The van der Waals surface area contributed by atoms with Gasteiger partial charge in [-0.05, 0) is 18.9 Å². The second-order valence-electron chi connectivity index (χ2n) is 6.82. The molecule has 2 unspecified atom stereocenters. The molecule has 0 spiro atoms. The van der Waals surface area contributed by atoms with Crippen LogP contribution in [0.1, 0.15) is 18.9 Å². The van der Waals surface area contributed by atoms with Gasteiger partial charge in [-0.3, -0.25) is 14.1 Å². The van der Waals surface area contributed by atoms with Crippen LogP contribution < -0.4 is 5.32 Å². The predicted octanol–water partition coefficient (Wildman–Crippen LogP) is 1.85. The molecule has 0 amide bonds.